The van der Waals surface area contributed by atoms with E-state index in [1.807, 2.05) is 31.6 Å². The molecule has 2 fully saturated rings. The molecule has 112 valence electrons. The standard InChI is InChI=1S/C16H22N4O/c1-19-10-7-17-16(19)15(14-5-3-11-21-14)18-12-6-9-20-8-2-4-13(12)20/h3,5,7,10-13,15,18H,2,4,6,8-9H2,1H3. The van der Waals surface area contributed by atoms with Crippen molar-refractivity contribution < 1.29 is 4.42 Å². The fourth-order valence-corrected chi connectivity index (χ4v) is 3.89. The van der Waals surface area contributed by atoms with Crippen LogP contribution < -0.4 is 5.32 Å². The molecule has 21 heavy (non-hydrogen) atoms. The highest BCUT2D eigenvalue weighted by molar-refractivity contribution is 5.17. The highest BCUT2D eigenvalue weighted by Crippen LogP contribution is 2.31. The van der Waals surface area contributed by atoms with Crippen LogP contribution in [0.2, 0.25) is 0 Å². The molecule has 2 aliphatic heterocycles. The van der Waals surface area contributed by atoms with Gasteiger partial charge in [0.25, 0.3) is 0 Å². The van der Waals surface area contributed by atoms with Gasteiger partial charge in [0.2, 0.25) is 0 Å². The van der Waals surface area contributed by atoms with Crippen LogP contribution in [-0.2, 0) is 7.05 Å². The lowest BCUT2D eigenvalue weighted by Crippen LogP contribution is -2.41. The molecule has 0 radical (unpaired) electrons. The van der Waals surface area contributed by atoms with Crippen molar-refractivity contribution in [1.29, 1.82) is 0 Å². The van der Waals surface area contributed by atoms with Crippen LogP contribution in [0.15, 0.2) is 35.2 Å². The monoisotopic (exact) mass is 286 g/mol. The van der Waals surface area contributed by atoms with Gasteiger partial charge in [-0.1, -0.05) is 0 Å². The predicted molar refractivity (Wildman–Crippen MR) is 79.9 cm³/mol. The lowest BCUT2D eigenvalue weighted by Gasteiger charge is -2.26. The molecule has 0 saturated carbocycles. The van der Waals surface area contributed by atoms with Gasteiger partial charge in [-0.2, -0.15) is 0 Å². The second kappa shape index (κ2) is 5.31. The molecule has 2 aliphatic rings. The van der Waals surface area contributed by atoms with Crippen LogP contribution >= 0.6 is 0 Å². The molecular weight excluding hydrogens is 264 g/mol. The van der Waals surface area contributed by atoms with Crippen molar-refractivity contribution in [2.75, 3.05) is 13.1 Å². The van der Waals surface area contributed by atoms with Crippen molar-refractivity contribution >= 4 is 0 Å². The SMILES string of the molecule is Cn1ccnc1C(NC1CCN2CCCC12)c1ccco1. The van der Waals surface area contributed by atoms with Gasteiger partial charge in [0.1, 0.15) is 17.6 Å². The van der Waals surface area contributed by atoms with Gasteiger partial charge in [0.15, 0.2) is 0 Å². The maximum Gasteiger partial charge on any atom is 0.133 e. The third-order valence-electron chi connectivity index (χ3n) is 4.93. The molecule has 0 bridgehead atoms. The normalized spacial score (nSPS) is 27.1. The number of nitrogens with one attached hydrogen (secondary N) is 1. The lowest BCUT2D eigenvalue weighted by atomic mass is 10.0. The summed E-state index contributed by atoms with van der Waals surface area (Å²) in [5.41, 5.74) is 0. The largest absolute Gasteiger partial charge is 0.467 e. The van der Waals surface area contributed by atoms with E-state index < -0.39 is 0 Å². The zero-order chi connectivity index (χ0) is 14.2. The van der Waals surface area contributed by atoms with E-state index in [1.54, 1.807) is 6.26 Å². The first-order chi connectivity index (χ1) is 10.3. The highest BCUT2D eigenvalue weighted by atomic mass is 16.3. The molecular formula is C16H22N4O. The minimum absolute atomic E-state index is 0.0329. The van der Waals surface area contributed by atoms with Gasteiger partial charge in [0, 0.05) is 38.1 Å². The fourth-order valence-electron chi connectivity index (χ4n) is 3.89. The maximum absolute atomic E-state index is 5.67. The molecule has 2 saturated heterocycles. The molecule has 0 spiro atoms. The van der Waals surface area contributed by atoms with Crippen LogP contribution in [0.25, 0.3) is 0 Å². The number of hydrogen-bond donors (Lipinski definition) is 1. The maximum atomic E-state index is 5.67. The van der Waals surface area contributed by atoms with E-state index in [-0.39, 0.29) is 6.04 Å². The van der Waals surface area contributed by atoms with E-state index in [4.69, 9.17) is 4.42 Å². The van der Waals surface area contributed by atoms with E-state index in [1.165, 1.54) is 32.4 Å². The first-order valence-corrected chi connectivity index (χ1v) is 7.83. The van der Waals surface area contributed by atoms with Crippen LogP contribution in [-0.4, -0.2) is 39.6 Å². The molecule has 4 rings (SSSR count). The van der Waals surface area contributed by atoms with Gasteiger partial charge >= 0.3 is 0 Å². The third-order valence-corrected chi connectivity index (χ3v) is 4.93. The minimum Gasteiger partial charge on any atom is -0.467 e. The Labute approximate surface area is 125 Å². The van der Waals surface area contributed by atoms with Gasteiger partial charge in [-0.25, -0.2) is 4.98 Å². The average molecular weight is 286 g/mol. The lowest BCUT2D eigenvalue weighted by molar-refractivity contribution is 0.285. The Morgan fingerprint density at radius 1 is 1.38 bits per heavy atom. The molecule has 0 amide bonds. The molecule has 4 heterocycles. The van der Waals surface area contributed by atoms with Gasteiger partial charge < -0.3 is 8.98 Å². The van der Waals surface area contributed by atoms with Crippen molar-refractivity contribution in [2.45, 2.75) is 37.4 Å². The summed E-state index contributed by atoms with van der Waals surface area (Å²) in [4.78, 5) is 7.15. The summed E-state index contributed by atoms with van der Waals surface area (Å²) in [6, 6.07) is 5.23. The van der Waals surface area contributed by atoms with Crippen LogP contribution in [0, 0.1) is 0 Å². The average Bonchev–Trinajstić information content (AvgIpc) is 3.23. The van der Waals surface area contributed by atoms with Crippen molar-refractivity contribution in [2.24, 2.45) is 7.05 Å². The third kappa shape index (κ3) is 2.30. The Kier molecular flexibility index (Phi) is 3.31. The van der Waals surface area contributed by atoms with E-state index in [0.29, 0.717) is 12.1 Å². The van der Waals surface area contributed by atoms with E-state index >= 15 is 0 Å². The summed E-state index contributed by atoms with van der Waals surface area (Å²) in [7, 11) is 2.04. The van der Waals surface area contributed by atoms with Crippen molar-refractivity contribution in [1.82, 2.24) is 19.8 Å². The number of furan rings is 1. The van der Waals surface area contributed by atoms with Crippen LogP contribution in [0.3, 0.4) is 0 Å². The number of aryl methyl sites for hydroxylation is 1. The number of aromatic nitrogens is 2. The number of hydrogen-bond acceptors (Lipinski definition) is 4. The molecule has 3 unspecified atom stereocenters. The minimum atomic E-state index is 0.0329. The second-order valence-electron chi connectivity index (χ2n) is 6.15. The Bertz CT molecular complexity index is 591. The zero-order valence-corrected chi connectivity index (χ0v) is 12.4. The van der Waals surface area contributed by atoms with Crippen molar-refractivity contribution in [3.05, 3.63) is 42.4 Å². The van der Waals surface area contributed by atoms with E-state index in [9.17, 15) is 0 Å². The number of imidazole rings is 1. The van der Waals surface area contributed by atoms with Gasteiger partial charge in [0.05, 0.1) is 6.26 Å². The number of rotatable bonds is 4. The van der Waals surface area contributed by atoms with Crippen molar-refractivity contribution in [3.8, 4) is 0 Å². The molecule has 0 aromatic carbocycles. The first kappa shape index (κ1) is 13.1. The van der Waals surface area contributed by atoms with Crippen LogP contribution in [0.4, 0.5) is 0 Å². The molecule has 0 aliphatic carbocycles. The Morgan fingerprint density at radius 3 is 3.10 bits per heavy atom. The molecule has 1 N–H and O–H groups in total. The Morgan fingerprint density at radius 2 is 2.33 bits per heavy atom. The fraction of sp³-hybridized carbons (Fsp3) is 0.562. The highest BCUT2D eigenvalue weighted by Gasteiger charge is 2.39. The van der Waals surface area contributed by atoms with Crippen LogP contribution in [0.1, 0.15) is 36.9 Å². The molecule has 2 aromatic rings. The Hall–Kier alpha value is -1.59. The molecule has 2 aromatic heterocycles. The smallest absolute Gasteiger partial charge is 0.133 e. The summed E-state index contributed by atoms with van der Waals surface area (Å²) < 4.78 is 7.74. The number of nitrogens with zero attached hydrogens (tertiary/aromatic N) is 3. The quantitative estimate of drug-likeness (QED) is 0.933. The summed E-state index contributed by atoms with van der Waals surface area (Å²) in [6.07, 6.45) is 9.43. The molecule has 3 atom stereocenters. The van der Waals surface area contributed by atoms with Gasteiger partial charge in [-0.05, 0) is 37.9 Å². The van der Waals surface area contributed by atoms with Gasteiger partial charge in [-0.3, -0.25) is 10.2 Å². The summed E-state index contributed by atoms with van der Waals surface area (Å²) >= 11 is 0. The Balaban J connectivity index is 1.60. The summed E-state index contributed by atoms with van der Waals surface area (Å²) in [5.74, 6) is 1.96. The van der Waals surface area contributed by atoms with E-state index in [2.05, 4.69) is 19.8 Å². The zero-order valence-electron chi connectivity index (χ0n) is 12.4. The molecule has 5 nitrogen and oxygen atoms in total. The molecule has 5 heteroatoms. The first-order valence-electron chi connectivity index (χ1n) is 7.83. The predicted octanol–water partition coefficient (Wildman–Crippen LogP) is 1.93. The van der Waals surface area contributed by atoms with Gasteiger partial charge in [-0.15, -0.1) is 0 Å². The summed E-state index contributed by atoms with van der Waals surface area (Å²) in [6.45, 7) is 2.48. The van der Waals surface area contributed by atoms with Crippen LogP contribution in [0.5, 0.6) is 0 Å². The van der Waals surface area contributed by atoms with E-state index in [0.717, 1.165) is 11.6 Å². The second-order valence-corrected chi connectivity index (χ2v) is 6.15. The number of fused-ring (bicyclic) bond motifs is 1. The summed E-state index contributed by atoms with van der Waals surface area (Å²) in [5, 5.41) is 3.81. The topological polar surface area (TPSA) is 46.2 Å². The van der Waals surface area contributed by atoms with Crippen molar-refractivity contribution in [3.63, 3.8) is 0 Å².